The summed E-state index contributed by atoms with van der Waals surface area (Å²) in [5.41, 5.74) is 7.19. The van der Waals surface area contributed by atoms with Gasteiger partial charge in [-0.3, -0.25) is 4.79 Å². The van der Waals surface area contributed by atoms with Gasteiger partial charge in [-0.2, -0.15) is 0 Å². The van der Waals surface area contributed by atoms with Crippen LogP contribution in [0.3, 0.4) is 0 Å². The number of hydrogen-bond donors (Lipinski definition) is 1. The number of amides is 1. The molecule has 0 saturated carbocycles. The Morgan fingerprint density at radius 1 is 1.23 bits per heavy atom. The van der Waals surface area contributed by atoms with Gasteiger partial charge in [0.2, 0.25) is 5.91 Å². The number of carbonyl (C=O) groups is 1. The summed E-state index contributed by atoms with van der Waals surface area (Å²) in [6, 6.07) is 10.1. The largest absolute Gasteiger partial charge is 0.341 e. The predicted octanol–water partition coefficient (Wildman–Crippen LogP) is 1.95. The van der Waals surface area contributed by atoms with Crippen molar-refractivity contribution in [3.05, 3.63) is 35.9 Å². The van der Waals surface area contributed by atoms with E-state index in [9.17, 15) is 4.79 Å². The van der Waals surface area contributed by atoms with Crippen LogP contribution in [-0.4, -0.2) is 55.0 Å². The third-order valence-corrected chi connectivity index (χ3v) is 4.12. The lowest BCUT2D eigenvalue weighted by atomic mass is 10.0. The van der Waals surface area contributed by atoms with E-state index in [0.29, 0.717) is 12.5 Å². The first-order valence-corrected chi connectivity index (χ1v) is 7.32. The highest BCUT2D eigenvalue weighted by Crippen LogP contribution is 2.15. The van der Waals surface area contributed by atoms with Crippen LogP contribution in [-0.2, 0) is 11.2 Å². The molecule has 0 bridgehead atoms. The molecule has 2 N–H and O–H groups in total. The number of rotatable bonds is 4. The Kier molecular flexibility index (Phi) is 9.69. The summed E-state index contributed by atoms with van der Waals surface area (Å²) in [7, 11) is 4.20. The molecule has 1 aliphatic rings. The van der Waals surface area contributed by atoms with Crippen LogP contribution < -0.4 is 5.73 Å². The number of hydrogen-bond acceptors (Lipinski definition) is 3. The van der Waals surface area contributed by atoms with E-state index >= 15 is 0 Å². The van der Waals surface area contributed by atoms with Gasteiger partial charge in [-0.15, -0.1) is 24.8 Å². The maximum Gasteiger partial charge on any atom is 0.239 e. The number of nitrogens with two attached hydrogens (primary N) is 1. The van der Waals surface area contributed by atoms with Crippen molar-refractivity contribution in [3.63, 3.8) is 0 Å². The first-order valence-electron chi connectivity index (χ1n) is 7.32. The average Bonchev–Trinajstić information content (AvgIpc) is 2.47. The number of carbonyl (C=O) groups excluding carboxylic acids is 1. The SMILES string of the molecule is CN(C)C1CCN(C(=O)C(N)Cc2ccccc2)CC1.Cl.Cl. The van der Waals surface area contributed by atoms with Crippen molar-refractivity contribution < 1.29 is 4.79 Å². The Bertz CT molecular complexity index is 434. The molecule has 2 rings (SSSR count). The Morgan fingerprint density at radius 2 is 1.77 bits per heavy atom. The van der Waals surface area contributed by atoms with Gasteiger partial charge in [-0.25, -0.2) is 0 Å². The molecule has 1 aromatic carbocycles. The van der Waals surface area contributed by atoms with Gasteiger partial charge >= 0.3 is 0 Å². The molecule has 6 heteroatoms. The van der Waals surface area contributed by atoms with Crippen LogP contribution in [0.25, 0.3) is 0 Å². The lowest BCUT2D eigenvalue weighted by Crippen LogP contribution is -2.50. The summed E-state index contributed by atoms with van der Waals surface area (Å²) in [6.07, 6.45) is 2.70. The molecule has 0 aromatic heterocycles. The topological polar surface area (TPSA) is 49.6 Å². The monoisotopic (exact) mass is 347 g/mol. The Morgan fingerprint density at radius 3 is 2.27 bits per heavy atom. The van der Waals surface area contributed by atoms with Gasteiger partial charge < -0.3 is 15.5 Å². The van der Waals surface area contributed by atoms with E-state index in [-0.39, 0.29) is 30.7 Å². The predicted molar refractivity (Wildman–Crippen MR) is 95.9 cm³/mol. The van der Waals surface area contributed by atoms with Crippen molar-refractivity contribution in [2.45, 2.75) is 31.3 Å². The van der Waals surface area contributed by atoms with E-state index in [0.717, 1.165) is 31.5 Å². The molecule has 1 unspecified atom stereocenters. The minimum absolute atomic E-state index is 0. The van der Waals surface area contributed by atoms with E-state index < -0.39 is 6.04 Å². The zero-order valence-corrected chi connectivity index (χ0v) is 14.9. The third-order valence-electron chi connectivity index (χ3n) is 4.12. The summed E-state index contributed by atoms with van der Waals surface area (Å²) in [6.45, 7) is 1.65. The van der Waals surface area contributed by atoms with Crippen molar-refractivity contribution in [2.75, 3.05) is 27.2 Å². The average molecular weight is 348 g/mol. The molecular weight excluding hydrogens is 321 g/mol. The van der Waals surface area contributed by atoms with Crippen LogP contribution in [0.2, 0.25) is 0 Å². The summed E-state index contributed by atoms with van der Waals surface area (Å²) in [5.74, 6) is 0.0889. The van der Waals surface area contributed by atoms with Gasteiger partial charge in [-0.1, -0.05) is 30.3 Å². The molecule has 1 amide bonds. The number of nitrogens with zero attached hydrogens (tertiary/aromatic N) is 2. The van der Waals surface area contributed by atoms with E-state index in [1.807, 2.05) is 35.2 Å². The van der Waals surface area contributed by atoms with Gasteiger partial charge in [-0.05, 0) is 38.9 Å². The zero-order chi connectivity index (χ0) is 14.5. The van der Waals surface area contributed by atoms with Crippen molar-refractivity contribution in [1.29, 1.82) is 0 Å². The minimum atomic E-state index is -0.423. The highest BCUT2D eigenvalue weighted by Gasteiger charge is 2.26. The van der Waals surface area contributed by atoms with Crippen molar-refractivity contribution >= 4 is 30.7 Å². The number of likely N-dealkylation sites (tertiary alicyclic amines) is 1. The fourth-order valence-electron chi connectivity index (χ4n) is 2.79. The van der Waals surface area contributed by atoms with Crippen LogP contribution >= 0.6 is 24.8 Å². The van der Waals surface area contributed by atoms with Gasteiger partial charge in [0.05, 0.1) is 6.04 Å². The summed E-state index contributed by atoms with van der Waals surface area (Å²) in [5, 5.41) is 0. The summed E-state index contributed by atoms with van der Waals surface area (Å²) in [4.78, 5) is 16.5. The van der Waals surface area contributed by atoms with Crippen molar-refractivity contribution in [3.8, 4) is 0 Å². The van der Waals surface area contributed by atoms with Crippen LogP contribution in [0.5, 0.6) is 0 Å². The Labute approximate surface area is 145 Å². The smallest absolute Gasteiger partial charge is 0.239 e. The van der Waals surface area contributed by atoms with Crippen LogP contribution in [0.4, 0.5) is 0 Å². The van der Waals surface area contributed by atoms with Crippen molar-refractivity contribution in [2.24, 2.45) is 5.73 Å². The van der Waals surface area contributed by atoms with Crippen LogP contribution in [0, 0.1) is 0 Å². The van der Waals surface area contributed by atoms with E-state index in [1.165, 1.54) is 0 Å². The molecule has 4 nitrogen and oxygen atoms in total. The fraction of sp³-hybridized carbons (Fsp3) is 0.562. The normalized spacial score (nSPS) is 16.6. The van der Waals surface area contributed by atoms with Gasteiger partial charge in [0.25, 0.3) is 0 Å². The molecule has 1 atom stereocenters. The summed E-state index contributed by atoms with van der Waals surface area (Å²) < 4.78 is 0. The second-order valence-corrected chi connectivity index (χ2v) is 5.82. The van der Waals surface area contributed by atoms with E-state index in [2.05, 4.69) is 19.0 Å². The molecular formula is C16H27Cl2N3O. The van der Waals surface area contributed by atoms with Gasteiger partial charge in [0.15, 0.2) is 0 Å². The Balaban J connectivity index is 0.00000220. The second kappa shape index (κ2) is 10.1. The maximum absolute atomic E-state index is 12.4. The number of benzene rings is 1. The first kappa shape index (κ1) is 21.2. The van der Waals surface area contributed by atoms with E-state index in [1.54, 1.807) is 0 Å². The lowest BCUT2D eigenvalue weighted by Gasteiger charge is -2.36. The molecule has 22 heavy (non-hydrogen) atoms. The molecule has 1 aliphatic heterocycles. The van der Waals surface area contributed by atoms with Crippen LogP contribution in [0.1, 0.15) is 18.4 Å². The van der Waals surface area contributed by atoms with Crippen LogP contribution in [0.15, 0.2) is 30.3 Å². The fourth-order valence-corrected chi connectivity index (χ4v) is 2.79. The molecule has 126 valence electrons. The number of halogens is 2. The molecule has 0 radical (unpaired) electrons. The molecule has 0 spiro atoms. The van der Waals surface area contributed by atoms with E-state index in [4.69, 9.17) is 5.73 Å². The quantitative estimate of drug-likeness (QED) is 0.905. The molecule has 0 aliphatic carbocycles. The zero-order valence-electron chi connectivity index (χ0n) is 13.3. The Hall–Kier alpha value is -0.810. The lowest BCUT2D eigenvalue weighted by molar-refractivity contribution is -0.134. The minimum Gasteiger partial charge on any atom is -0.341 e. The molecule has 1 fully saturated rings. The second-order valence-electron chi connectivity index (χ2n) is 5.82. The first-order chi connectivity index (χ1) is 9.58. The molecule has 1 aromatic rings. The number of piperidine rings is 1. The molecule has 1 saturated heterocycles. The standard InChI is InChI=1S/C16H25N3O.2ClH/c1-18(2)14-8-10-19(11-9-14)16(20)15(17)12-13-6-4-3-5-7-13;;/h3-7,14-15H,8-12,17H2,1-2H3;2*1H. The maximum atomic E-state index is 12.4. The van der Waals surface area contributed by atoms with Gasteiger partial charge in [0.1, 0.15) is 0 Å². The molecule has 1 heterocycles. The third kappa shape index (κ3) is 5.76. The summed E-state index contributed by atoms with van der Waals surface area (Å²) >= 11 is 0. The van der Waals surface area contributed by atoms with Crippen molar-refractivity contribution in [1.82, 2.24) is 9.80 Å². The van der Waals surface area contributed by atoms with Gasteiger partial charge in [0, 0.05) is 19.1 Å². The highest BCUT2D eigenvalue weighted by atomic mass is 35.5. The highest BCUT2D eigenvalue weighted by molar-refractivity contribution is 5.85.